The summed E-state index contributed by atoms with van der Waals surface area (Å²) in [4.78, 5) is 16.9. The normalized spacial score (nSPS) is 16.8. The van der Waals surface area contributed by atoms with E-state index in [1.807, 2.05) is 6.07 Å². The molecule has 0 unspecified atom stereocenters. The maximum atomic E-state index is 11.8. The van der Waals surface area contributed by atoms with Gasteiger partial charge in [-0.1, -0.05) is 0 Å². The molecule has 1 aliphatic heterocycles. The standard InChI is InChI=1S/C14H20N4O2/c15-8-12-7-13(17-9-12)14(20)16-3-6-18-4-1-11(10-19)2-5-18/h7,9,11,17,19H,1-6,10H2,(H,16,20). The third kappa shape index (κ3) is 3.83. The molecule has 0 spiro atoms. The van der Waals surface area contributed by atoms with Gasteiger partial charge in [0.2, 0.25) is 0 Å². The summed E-state index contributed by atoms with van der Waals surface area (Å²) in [6.07, 6.45) is 3.56. The average Bonchev–Trinajstić information content (AvgIpc) is 2.97. The van der Waals surface area contributed by atoms with Gasteiger partial charge in [-0.2, -0.15) is 5.26 Å². The zero-order valence-corrected chi connectivity index (χ0v) is 11.4. The molecule has 3 N–H and O–H groups in total. The smallest absolute Gasteiger partial charge is 0.267 e. The first kappa shape index (κ1) is 14.6. The Kier molecular flexibility index (Phi) is 5.16. The SMILES string of the molecule is N#Cc1c[nH]c(C(=O)NCCN2CCC(CO)CC2)c1. The number of aliphatic hydroxyl groups excluding tert-OH is 1. The van der Waals surface area contributed by atoms with Gasteiger partial charge < -0.3 is 20.3 Å². The largest absolute Gasteiger partial charge is 0.396 e. The van der Waals surface area contributed by atoms with Crippen LogP contribution in [0.1, 0.15) is 28.9 Å². The zero-order chi connectivity index (χ0) is 14.4. The van der Waals surface area contributed by atoms with Crippen molar-refractivity contribution in [2.75, 3.05) is 32.8 Å². The number of hydrogen-bond donors (Lipinski definition) is 3. The number of piperidine rings is 1. The molecular weight excluding hydrogens is 256 g/mol. The molecular formula is C14H20N4O2. The van der Waals surface area contributed by atoms with Crippen molar-refractivity contribution in [3.63, 3.8) is 0 Å². The predicted octanol–water partition coefficient (Wildman–Crippen LogP) is 0.320. The monoisotopic (exact) mass is 276 g/mol. The van der Waals surface area contributed by atoms with Crippen LogP contribution in [0, 0.1) is 17.2 Å². The molecule has 1 aliphatic rings. The fraction of sp³-hybridized carbons (Fsp3) is 0.571. The Labute approximate surface area is 118 Å². The summed E-state index contributed by atoms with van der Waals surface area (Å²) in [6, 6.07) is 3.52. The minimum Gasteiger partial charge on any atom is -0.396 e. The molecule has 0 aromatic carbocycles. The fourth-order valence-electron chi connectivity index (χ4n) is 2.41. The van der Waals surface area contributed by atoms with Crippen molar-refractivity contribution >= 4 is 5.91 Å². The summed E-state index contributed by atoms with van der Waals surface area (Å²) < 4.78 is 0. The summed E-state index contributed by atoms with van der Waals surface area (Å²) in [5.74, 6) is 0.251. The molecule has 1 aromatic heterocycles. The van der Waals surface area contributed by atoms with Crippen molar-refractivity contribution in [2.24, 2.45) is 5.92 Å². The first-order valence-electron chi connectivity index (χ1n) is 6.93. The number of aliphatic hydroxyl groups is 1. The molecule has 1 aromatic rings. The number of nitriles is 1. The number of hydrogen-bond acceptors (Lipinski definition) is 4. The van der Waals surface area contributed by atoms with Gasteiger partial charge in [-0.05, 0) is 37.9 Å². The van der Waals surface area contributed by atoms with Gasteiger partial charge in [0, 0.05) is 25.9 Å². The quantitative estimate of drug-likeness (QED) is 0.722. The van der Waals surface area contributed by atoms with Crippen molar-refractivity contribution < 1.29 is 9.90 Å². The Balaban J connectivity index is 1.68. The fourth-order valence-corrected chi connectivity index (χ4v) is 2.41. The van der Waals surface area contributed by atoms with E-state index in [0.717, 1.165) is 32.5 Å². The van der Waals surface area contributed by atoms with Crippen LogP contribution >= 0.6 is 0 Å². The number of nitrogens with one attached hydrogen (secondary N) is 2. The highest BCUT2D eigenvalue weighted by atomic mass is 16.3. The highest BCUT2D eigenvalue weighted by Crippen LogP contribution is 2.15. The van der Waals surface area contributed by atoms with E-state index < -0.39 is 0 Å². The minimum atomic E-state index is -0.184. The molecule has 6 heteroatoms. The van der Waals surface area contributed by atoms with Crippen molar-refractivity contribution in [2.45, 2.75) is 12.8 Å². The van der Waals surface area contributed by atoms with E-state index in [9.17, 15) is 4.79 Å². The van der Waals surface area contributed by atoms with Gasteiger partial charge in [0.25, 0.3) is 5.91 Å². The number of carbonyl (C=O) groups excluding carboxylic acids is 1. The van der Waals surface area contributed by atoms with Crippen LogP contribution in [0.5, 0.6) is 0 Å². The molecule has 108 valence electrons. The summed E-state index contributed by atoms with van der Waals surface area (Å²) in [6.45, 7) is 3.63. The maximum Gasteiger partial charge on any atom is 0.267 e. The number of likely N-dealkylation sites (tertiary alicyclic amines) is 1. The number of amides is 1. The van der Waals surface area contributed by atoms with Gasteiger partial charge in [-0.3, -0.25) is 4.79 Å². The van der Waals surface area contributed by atoms with E-state index in [0.29, 0.717) is 23.7 Å². The van der Waals surface area contributed by atoms with Crippen LogP contribution in [0.15, 0.2) is 12.3 Å². The van der Waals surface area contributed by atoms with Gasteiger partial charge in [-0.25, -0.2) is 0 Å². The van der Waals surface area contributed by atoms with Crippen molar-refractivity contribution in [1.82, 2.24) is 15.2 Å². The van der Waals surface area contributed by atoms with Gasteiger partial charge in [0.15, 0.2) is 0 Å². The number of nitrogens with zero attached hydrogens (tertiary/aromatic N) is 2. The lowest BCUT2D eigenvalue weighted by molar-refractivity contribution is 0.0934. The molecule has 20 heavy (non-hydrogen) atoms. The summed E-state index contributed by atoms with van der Waals surface area (Å²) >= 11 is 0. The lowest BCUT2D eigenvalue weighted by Gasteiger charge is -2.30. The molecule has 2 rings (SSSR count). The Morgan fingerprint density at radius 2 is 2.30 bits per heavy atom. The second kappa shape index (κ2) is 7.08. The average molecular weight is 276 g/mol. The molecule has 1 saturated heterocycles. The first-order chi connectivity index (χ1) is 9.72. The van der Waals surface area contributed by atoms with Crippen LogP contribution < -0.4 is 5.32 Å². The van der Waals surface area contributed by atoms with Crippen molar-refractivity contribution in [1.29, 1.82) is 5.26 Å². The molecule has 0 radical (unpaired) electrons. The molecule has 2 heterocycles. The van der Waals surface area contributed by atoms with E-state index in [-0.39, 0.29) is 12.5 Å². The van der Waals surface area contributed by atoms with Gasteiger partial charge in [0.1, 0.15) is 11.8 Å². The summed E-state index contributed by atoms with van der Waals surface area (Å²) in [7, 11) is 0. The van der Waals surface area contributed by atoms with Crippen LogP contribution in [0.25, 0.3) is 0 Å². The molecule has 1 fully saturated rings. The Morgan fingerprint density at radius 1 is 1.55 bits per heavy atom. The van der Waals surface area contributed by atoms with Crippen LogP contribution in [0.3, 0.4) is 0 Å². The van der Waals surface area contributed by atoms with Crippen molar-refractivity contribution in [3.8, 4) is 6.07 Å². The van der Waals surface area contributed by atoms with E-state index in [1.165, 1.54) is 6.20 Å². The minimum absolute atomic E-state index is 0.184. The zero-order valence-electron chi connectivity index (χ0n) is 11.4. The lowest BCUT2D eigenvalue weighted by Crippen LogP contribution is -2.40. The Morgan fingerprint density at radius 3 is 2.90 bits per heavy atom. The number of carbonyl (C=O) groups is 1. The van der Waals surface area contributed by atoms with Crippen LogP contribution in [0.4, 0.5) is 0 Å². The maximum absolute atomic E-state index is 11.8. The van der Waals surface area contributed by atoms with E-state index in [2.05, 4.69) is 15.2 Å². The third-order valence-electron chi connectivity index (χ3n) is 3.74. The van der Waals surface area contributed by atoms with Crippen LogP contribution in [0.2, 0.25) is 0 Å². The highest BCUT2D eigenvalue weighted by molar-refractivity contribution is 5.92. The third-order valence-corrected chi connectivity index (χ3v) is 3.74. The highest BCUT2D eigenvalue weighted by Gasteiger charge is 2.18. The van der Waals surface area contributed by atoms with E-state index >= 15 is 0 Å². The number of H-pyrrole nitrogens is 1. The molecule has 0 atom stereocenters. The van der Waals surface area contributed by atoms with Crippen LogP contribution in [-0.2, 0) is 0 Å². The Bertz CT molecular complexity index is 484. The predicted molar refractivity (Wildman–Crippen MR) is 74.1 cm³/mol. The van der Waals surface area contributed by atoms with E-state index in [1.54, 1.807) is 6.07 Å². The van der Waals surface area contributed by atoms with E-state index in [4.69, 9.17) is 10.4 Å². The van der Waals surface area contributed by atoms with Gasteiger partial charge >= 0.3 is 0 Å². The first-order valence-corrected chi connectivity index (χ1v) is 6.93. The van der Waals surface area contributed by atoms with Gasteiger partial charge in [0.05, 0.1) is 5.56 Å². The van der Waals surface area contributed by atoms with Gasteiger partial charge in [-0.15, -0.1) is 0 Å². The number of aromatic amines is 1. The van der Waals surface area contributed by atoms with Crippen molar-refractivity contribution in [3.05, 3.63) is 23.5 Å². The second-order valence-electron chi connectivity index (χ2n) is 5.14. The summed E-state index contributed by atoms with van der Waals surface area (Å²) in [5, 5.41) is 20.6. The van der Waals surface area contributed by atoms with Crippen LogP contribution in [-0.4, -0.2) is 53.7 Å². The molecule has 0 aliphatic carbocycles. The molecule has 1 amide bonds. The second-order valence-corrected chi connectivity index (χ2v) is 5.14. The molecule has 0 saturated carbocycles. The lowest BCUT2D eigenvalue weighted by atomic mass is 9.98. The molecule has 0 bridgehead atoms. The summed E-state index contributed by atoms with van der Waals surface area (Å²) in [5.41, 5.74) is 0.877. The number of aromatic nitrogens is 1. The number of rotatable bonds is 5. The topological polar surface area (TPSA) is 92.1 Å². The molecule has 6 nitrogen and oxygen atoms in total. The Hall–Kier alpha value is -1.84.